The highest BCUT2D eigenvalue weighted by molar-refractivity contribution is 5.88. The van der Waals surface area contributed by atoms with Crippen molar-refractivity contribution < 1.29 is 28.2 Å². The van der Waals surface area contributed by atoms with E-state index in [0.29, 0.717) is 57.4 Å². The molecule has 6 rings (SSSR count). The van der Waals surface area contributed by atoms with E-state index >= 15 is 4.39 Å². The largest absolute Gasteiger partial charge is 0.497 e. The third-order valence-electron chi connectivity index (χ3n) is 10.9. The van der Waals surface area contributed by atoms with E-state index in [1.54, 1.807) is 18.1 Å². The topological polar surface area (TPSA) is 73.3 Å². The fraction of sp³-hybridized carbons (Fsp3) is 0.600. The number of rotatable bonds is 8. The van der Waals surface area contributed by atoms with Gasteiger partial charge in [-0.05, 0) is 67.0 Å². The number of nitrogens with zero attached hydrogens (tertiary/aromatic N) is 3. The quantitative estimate of drug-likeness (QED) is 0.406. The summed E-state index contributed by atoms with van der Waals surface area (Å²) in [5, 5.41) is 9.46. The van der Waals surface area contributed by atoms with Gasteiger partial charge in [0.1, 0.15) is 11.6 Å². The molecule has 0 bridgehead atoms. The number of aliphatic carboxylic acids is 1. The predicted molar refractivity (Wildman–Crippen MR) is 165 cm³/mol. The summed E-state index contributed by atoms with van der Waals surface area (Å²) < 4.78 is 37.4. The number of carbonyl (C=O) groups excluding carboxylic acids is 1. The molecule has 2 aromatic rings. The van der Waals surface area contributed by atoms with Gasteiger partial charge in [0, 0.05) is 62.8 Å². The van der Waals surface area contributed by atoms with Crippen molar-refractivity contribution >= 4 is 17.6 Å². The summed E-state index contributed by atoms with van der Waals surface area (Å²) in [6.07, 6.45) is 6.18. The molecule has 4 fully saturated rings. The van der Waals surface area contributed by atoms with Gasteiger partial charge in [-0.3, -0.25) is 14.5 Å². The number of hydrogen-bond donors (Lipinski definition) is 1. The molecule has 3 saturated heterocycles. The third-order valence-corrected chi connectivity index (χ3v) is 10.9. The predicted octanol–water partition coefficient (Wildman–Crippen LogP) is 5.84. The average molecular weight is 610 g/mol. The molecule has 1 amide bonds. The lowest BCUT2D eigenvalue weighted by Crippen LogP contribution is -2.50. The van der Waals surface area contributed by atoms with Crippen LogP contribution in [0.4, 0.5) is 14.5 Å². The van der Waals surface area contributed by atoms with Crippen LogP contribution in [0.1, 0.15) is 74.8 Å². The highest BCUT2D eigenvalue weighted by atomic mass is 19.1. The van der Waals surface area contributed by atoms with E-state index in [4.69, 9.17) is 4.74 Å². The van der Waals surface area contributed by atoms with Crippen molar-refractivity contribution in [1.82, 2.24) is 9.80 Å². The number of benzene rings is 2. The van der Waals surface area contributed by atoms with Crippen LogP contribution in [0.25, 0.3) is 0 Å². The molecule has 3 aliphatic heterocycles. The number of piperidine rings is 1. The van der Waals surface area contributed by atoms with Crippen molar-refractivity contribution in [3.63, 3.8) is 0 Å². The smallest absolute Gasteiger partial charge is 0.306 e. The van der Waals surface area contributed by atoms with Crippen molar-refractivity contribution in [3.8, 4) is 5.75 Å². The number of carbonyl (C=O) groups is 2. The second-order valence-corrected chi connectivity index (χ2v) is 13.3. The molecule has 2 aromatic carbocycles. The van der Waals surface area contributed by atoms with Crippen LogP contribution in [0.2, 0.25) is 0 Å². The van der Waals surface area contributed by atoms with E-state index in [1.807, 2.05) is 30.3 Å². The van der Waals surface area contributed by atoms with E-state index in [2.05, 4.69) is 16.7 Å². The zero-order valence-electron chi connectivity index (χ0n) is 25.9. The number of ether oxygens (including phenoxy) is 1. The van der Waals surface area contributed by atoms with Crippen LogP contribution in [0.15, 0.2) is 42.5 Å². The monoisotopic (exact) mass is 609 g/mol. The summed E-state index contributed by atoms with van der Waals surface area (Å²) >= 11 is 0. The molecule has 0 spiro atoms. The number of hydrogen-bond acceptors (Lipinski definition) is 5. The minimum atomic E-state index is -2.05. The van der Waals surface area contributed by atoms with Gasteiger partial charge in [-0.25, -0.2) is 8.78 Å². The van der Waals surface area contributed by atoms with Gasteiger partial charge in [0.05, 0.1) is 13.0 Å². The van der Waals surface area contributed by atoms with Gasteiger partial charge in [-0.2, -0.15) is 0 Å². The Hall–Kier alpha value is -3.20. The first kappa shape index (κ1) is 30.8. The number of halogens is 2. The van der Waals surface area contributed by atoms with Gasteiger partial charge >= 0.3 is 5.97 Å². The molecule has 44 heavy (non-hydrogen) atoms. The molecule has 7 nitrogen and oxygen atoms in total. The van der Waals surface area contributed by atoms with Gasteiger partial charge in [0.2, 0.25) is 5.67 Å². The Labute approximate surface area is 259 Å². The second-order valence-electron chi connectivity index (χ2n) is 13.3. The van der Waals surface area contributed by atoms with Gasteiger partial charge in [0.25, 0.3) is 5.91 Å². The number of alkyl halides is 1. The standard InChI is InChI=1S/C35H45F2N3O4/c1-3-23-19-39(20-30(23)29-13-10-26(36)18-32(29)38-16-14-25(15-17-38)33(41)42)34(43)35(37)22-40(27-6-4-5-7-27)21-31(35)24-8-11-28(44-2)12-9-24/h8-13,18,23,25,27,30-31H,3-7,14-17,19-22H2,1-2H3,(H,41,42)/t23-,30-,31-,35-/m0/s1. The average Bonchev–Trinajstić information content (AvgIpc) is 3.80. The number of methoxy groups -OCH3 is 1. The molecule has 4 aliphatic rings. The minimum absolute atomic E-state index is 0.0629. The van der Waals surface area contributed by atoms with Gasteiger partial charge in [-0.1, -0.05) is 44.4 Å². The van der Waals surface area contributed by atoms with E-state index < -0.39 is 23.5 Å². The molecular formula is C35H45F2N3O4. The summed E-state index contributed by atoms with van der Waals surface area (Å²) in [7, 11) is 1.61. The molecule has 0 unspecified atom stereocenters. The molecule has 0 radical (unpaired) electrons. The van der Waals surface area contributed by atoms with Gasteiger partial charge < -0.3 is 19.6 Å². The Kier molecular flexibility index (Phi) is 8.86. The molecule has 0 aromatic heterocycles. The van der Waals surface area contributed by atoms with E-state index in [0.717, 1.165) is 48.9 Å². The van der Waals surface area contributed by atoms with Crippen LogP contribution in [0.3, 0.4) is 0 Å². The highest BCUT2D eigenvalue weighted by Gasteiger charge is 2.57. The summed E-state index contributed by atoms with van der Waals surface area (Å²) in [4.78, 5) is 31.9. The number of likely N-dealkylation sites (tertiary alicyclic amines) is 2. The zero-order chi connectivity index (χ0) is 31.0. The maximum Gasteiger partial charge on any atom is 0.306 e. The van der Waals surface area contributed by atoms with Crippen LogP contribution in [0, 0.1) is 17.7 Å². The Bertz CT molecular complexity index is 1340. The van der Waals surface area contributed by atoms with Crippen LogP contribution in [-0.2, 0) is 9.59 Å². The van der Waals surface area contributed by atoms with Gasteiger partial charge in [-0.15, -0.1) is 0 Å². The number of anilines is 1. The second kappa shape index (κ2) is 12.7. The van der Waals surface area contributed by atoms with Crippen molar-refractivity contribution in [2.45, 2.75) is 75.4 Å². The zero-order valence-corrected chi connectivity index (χ0v) is 25.9. The van der Waals surface area contributed by atoms with Crippen molar-refractivity contribution in [3.05, 3.63) is 59.4 Å². The maximum atomic E-state index is 17.5. The van der Waals surface area contributed by atoms with Crippen molar-refractivity contribution in [2.24, 2.45) is 11.8 Å². The first-order valence-corrected chi connectivity index (χ1v) is 16.3. The van der Waals surface area contributed by atoms with E-state index in [-0.39, 0.29) is 30.1 Å². The van der Waals surface area contributed by atoms with Gasteiger partial charge in [0.15, 0.2) is 0 Å². The summed E-state index contributed by atoms with van der Waals surface area (Å²) in [6.45, 7) is 4.62. The minimum Gasteiger partial charge on any atom is -0.497 e. The van der Waals surface area contributed by atoms with Crippen molar-refractivity contribution in [1.29, 1.82) is 0 Å². The molecule has 1 N–H and O–H groups in total. The molecule has 1 aliphatic carbocycles. The fourth-order valence-electron chi connectivity index (χ4n) is 8.36. The molecule has 4 atom stereocenters. The lowest BCUT2D eigenvalue weighted by atomic mass is 9.85. The Morgan fingerprint density at radius 2 is 1.70 bits per heavy atom. The SMILES string of the molecule is CC[C@H]1CN(C(=O)[C@]2(F)CN(C3CCCC3)C[C@H]2c2ccc(OC)cc2)C[C@@H]1c1ccc(F)cc1N1CCC(C(=O)O)CC1. The maximum absolute atomic E-state index is 17.5. The Morgan fingerprint density at radius 3 is 2.34 bits per heavy atom. The van der Waals surface area contributed by atoms with Crippen LogP contribution < -0.4 is 9.64 Å². The first-order valence-electron chi connectivity index (χ1n) is 16.3. The first-order chi connectivity index (χ1) is 21.2. The summed E-state index contributed by atoms with van der Waals surface area (Å²) in [5.74, 6) is -1.78. The van der Waals surface area contributed by atoms with Crippen molar-refractivity contribution in [2.75, 3.05) is 51.3 Å². The Balaban J connectivity index is 1.27. The summed E-state index contributed by atoms with van der Waals surface area (Å²) in [6, 6.07) is 12.6. The van der Waals surface area contributed by atoms with E-state index in [1.165, 1.54) is 6.07 Å². The van der Waals surface area contributed by atoms with Crippen LogP contribution >= 0.6 is 0 Å². The van der Waals surface area contributed by atoms with Crippen LogP contribution in [-0.4, -0.2) is 84.9 Å². The molecule has 3 heterocycles. The van der Waals surface area contributed by atoms with E-state index in [9.17, 15) is 19.1 Å². The normalized spacial score (nSPS) is 28.6. The summed E-state index contributed by atoms with van der Waals surface area (Å²) in [5.41, 5.74) is 0.497. The lowest BCUT2D eigenvalue weighted by molar-refractivity contribution is -0.143. The number of amides is 1. The lowest BCUT2D eigenvalue weighted by Gasteiger charge is -2.35. The number of carboxylic acids is 1. The highest BCUT2D eigenvalue weighted by Crippen LogP contribution is 2.46. The fourth-order valence-corrected chi connectivity index (χ4v) is 8.36. The number of carboxylic acid groups (broad SMARTS) is 1. The molecular weight excluding hydrogens is 564 g/mol. The molecule has 9 heteroatoms. The molecule has 238 valence electrons. The Morgan fingerprint density at radius 1 is 1.00 bits per heavy atom. The van der Waals surface area contributed by atoms with Crippen LogP contribution in [0.5, 0.6) is 5.75 Å². The molecule has 1 saturated carbocycles. The third kappa shape index (κ3) is 5.80.